The molecular weight excluding hydrogens is 470 g/mol. The molecule has 1 aliphatic heterocycles. The Labute approximate surface area is 205 Å². The molecule has 0 unspecified atom stereocenters. The molecule has 11 nitrogen and oxygen atoms in total. The molecule has 2 aromatic rings. The lowest BCUT2D eigenvalue weighted by atomic mass is 9.78. The number of nitro groups is 1. The van der Waals surface area contributed by atoms with Crippen molar-refractivity contribution in [1.82, 2.24) is 0 Å². The molecule has 36 heavy (non-hydrogen) atoms. The van der Waals surface area contributed by atoms with Crippen LogP contribution in [0.15, 0.2) is 54.6 Å². The van der Waals surface area contributed by atoms with E-state index in [0.29, 0.717) is 17.9 Å². The number of nitrogens with zero attached hydrogens (tertiary/aromatic N) is 2. The number of benzene rings is 2. The van der Waals surface area contributed by atoms with Crippen LogP contribution in [0.5, 0.6) is 5.75 Å². The van der Waals surface area contributed by atoms with E-state index in [4.69, 9.17) is 9.47 Å². The molecule has 0 aromatic heterocycles. The van der Waals surface area contributed by atoms with Gasteiger partial charge >= 0.3 is 5.97 Å². The molecule has 11 heteroatoms. The van der Waals surface area contributed by atoms with Gasteiger partial charge in [-0.2, -0.15) is 0 Å². The number of rotatable bonds is 7. The maximum atomic E-state index is 12.9. The van der Waals surface area contributed by atoms with Gasteiger partial charge in [-0.3, -0.25) is 29.4 Å². The van der Waals surface area contributed by atoms with E-state index in [9.17, 15) is 29.3 Å². The lowest BCUT2D eigenvalue weighted by molar-refractivity contribution is -0.383. The summed E-state index contributed by atoms with van der Waals surface area (Å²) in [5.74, 6) is -2.65. The lowest BCUT2D eigenvalue weighted by Gasteiger charge is -2.22. The third-order valence-corrected chi connectivity index (χ3v) is 6.24. The Kier molecular flexibility index (Phi) is 6.82. The van der Waals surface area contributed by atoms with Crippen molar-refractivity contribution >= 4 is 40.8 Å². The third kappa shape index (κ3) is 4.67. The summed E-state index contributed by atoms with van der Waals surface area (Å²) in [6.07, 6.45) is 4.38. The van der Waals surface area contributed by atoms with Crippen LogP contribution in [-0.2, 0) is 19.1 Å². The predicted molar refractivity (Wildman–Crippen MR) is 127 cm³/mol. The number of amides is 3. The fraction of sp³-hybridized carbons (Fsp3) is 0.280. The first-order chi connectivity index (χ1) is 17.2. The second-order valence-corrected chi connectivity index (χ2v) is 8.48. The largest absolute Gasteiger partial charge is 0.497 e. The van der Waals surface area contributed by atoms with Gasteiger partial charge in [-0.1, -0.05) is 19.1 Å². The van der Waals surface area contributed by atoms with E-state index in [2.05, 4.69) is 5.32 Å². The van der Waals surface area contributed by atoms with E-state index < -0.39 is 29.3 Å². The Hall–Kier alpha value is -4.54. The molecule has 3 atom stereocenters. The van der Waals surface area contributed by atoms with Gasteiger partial charge in [0.05, 0.1) is 35.1 Å². The van der Waals surface area contributed by atoms with Crippen LogP contribution < -0.4 is 15.0 Å². The Morgan fingerprint density at radius 3 is 2.50 bits per heavy atom. The molecule has 1 heterocycles. The van der Waals surface area contributed by atoms with Crippen molar-refractivity contribution in [2.45, 2.75) is 13.3 Å². The van der Waals surface area contributed by atoms with Gasteiger partial charge in [-0.15, -0.1) is 0 Å². The van der Waals surface area contributed by atoms with Crippen molar-refractivity contribution in [1.29, 1.82) is 0 Å². The van der Waals surface area contributed by atoms with Gasteiger partial charge in [0.15, 0.2) is 6.61 Å². The minimum Gasteiger partial charge on any atom is -0.497 e. The average Bonchev–Trinajstić information content (AvgIpc) is 3.13. The van der Waals surface area contributed by atoms with Crippen molar-refractivity contribution in [3.8, 4) is 5.75 Å². The van der Waals surface area contributed by atoms with Crippen LogP contribution in [0.1, 0.15) is 23.7 Å². The Morgan fingerprint density at radius 1 is 1.14 bits per heavy atom. The number of nitro benzene ring substituents is 1. The fourth-order valence-electron chi connectivity index (χ4n) is 4.45. The SMILES string of the molecule is COc1ccc([N+](=O)[O-])c(NC(=O)COC(=O)c2ccc(N3C(=O)[C@H]4[C@H](C)C=CC[C@H]4C3=O)cc2)c1. The Bertz CT molecular complexity index is 1270. The van der Waals surface area contributed by atoms with Gasteiger partial charge in [0, 0.05) is 12.1 Å². The van der Waals surface area contributed by atoms with E-state index >= 15 is 0 Å². The summed E-state index contributed by atoms with van der Waals surface area (Å²) in [5, 5.41) is 13.5. The van der Waals surface area contributed by atoms with Gasteiger partial charge in [-0.05, 0) is 42.7 Å². The molecule has 1 N–H and O–H groups in total. The summed E-state index contributed by atoms with van der Waals surface area (Å²) in [6.45, 7) is 1.22. The van der Waals surface area contributed by atoms with Crippen LogP contribution in [0.4, 0.5) is 17.1 Å². The highest BCUT2D eigenvalue weighted by Crippen LogP contribution is 2.40. The van der Waals surface area contributed by atoms with Gasteiger partial charge in [0.1, 0.15) is 11.4 Å². The first kappa shape index (κ1) is 24.6. The third-order valence-electron chi connectivity index (χ3n) is 6.24. The minimum absolute atomic E-state index is 0.0380. The van der Waals surface area contributed by atoms with Gasteiger partial charge in [0.25, 0.3) is 11.6 Å². The van der Waals surface area contributed by atoms with Gasteiger partial charge in [0.2, 0.25) is 11.8 Å². The zero-order valence-electron chi connectivity index (χ0n) is 19.5. The maximum Gasteiger partial charge on any atom is 0.338 e. The lowest BCUT2D eigenvalue weighted by Crippen LogP contribution is -2.31. The first-order valence-corrected chi connectivity index (χ1v) is 11.1. The summed E-state index contributed by atoms with van der Waals surface area (Å²) in [6, 6.07) is 9.59. The molecule has 3 amide bonds. The van der Waals surface area contributed by atoms with E-state index in [1.807, 2.05) is 19.1 Å². The van der Waals surface area contributed by atoms with E-state index in [-0.39, 0.29) is 40.6 Å². The molecule has 0 radical (unpaired) electrons. The number of nitrogens with one attached hydrogen (secondary N) is 1. The molecule has 4 rings (SSSR count). The van der Waals surface area contributed by atoms with Crippen LogP contribution in [0.2, 0.25) is 0 Å². The number of imide groups is 1. The smallest absolute Gasteiger partial charge is 0.338 e. The van der Waals surface area contributed by atoms with Crippen molar-refractivity contribution in [3.63, 3.8) is 0 Å². The zero-order valence-corrected chi connectivity index (χ0v) is 19.5. The van der Waals surface area contributed by atoms with Crippen molar-refractivity contribution in [2.24, 2.45) is 17.8 Å². The Balaban J connectivity index is 1.38. The molecule has 2 aliphatic rings. The molecule has 0 saturated carbocycles. The van der Waals surface area contributed by atoms with Crippen molar-refractivity contribution < 1.29 is 33.6 Å². The summed E-state index contributed by atoms with van der Waals surface area (Å²) in [4.78, 5) is 62.0. The predicted octanol–water partition coefficient (Wildman–Crippen LogP) is 3.10. The monoisotopic (exact) mass is 493 g/mol. The zero-order chi connectivity index (χ0) is 26.0. The van der Waals surface area contributed by atoms with Gasteiger partial charge in [-0.25, -0.2) is 4.79 Å². The number of anilines is 2. The number of carbonyl (C=O) groups excluding carboxylic acids is 4. The fourth-order valence-corrected chi connectivity index (χ4v) is 4.45. The summed E-state index contributed by atoms with van der Waals surface area (Å²) < 4.78 is 10.0. The Morgan fingerprint density at radius 2 is 1.86 bits per heavy atom. The molecule has 1 saturated heterocycles. The highest BCUT2D eigenvalue weighted by molar-refractivity contribution is 6.22. The van der Waals surface area contributed by atoms with Crippen LogP contribution in [-0.4, -0.2) is 42.3 Å². The minimum atomic E-state index is -0.817. The van der Waals surface area contributed by atoms with Crippen LogP contribution in [0, 0.1) is 27.9 Å². The van der Waals surface area contributed by atoms with Gasteiger partial charge < -0.3 is 14.8 Å². The van der Waals surface area contributed by atoms with Crippen molar-refractivity contribution in [2.75, 3.05) is 23.9 Å². The van der Waals surface area contributed by atoms with E-state index in [1.54, 1.807) is 0 Å². The molecular formula is C25H23N3O8. The number of methoxy groups -OCH3 is 1. The van der Waals surface area contributed by atoms with E-state index in [0.717, 1.165) is 4.90 Å². The summed E-state index contributed by atoms with van der Waals surface area (Å²) in [7, 11) is 1.38. The molecule has 1 aliphatic carbocycles. The number of esters is 1. The summed E-state index contributed by atoms with van der Waals surface area (Å²) >= 11 is 0. The summed E-state index contributed by atoms with van der Waals surface area (Å²) in [5.41, 5.74) is 0.00793. The van der Waals surface area contributed by atoms with Crippen LogP contribution in [0.25, 0.3) is 0 Å². The molecule has 186 valence electrons. The molecule has 2 aromatic carbocycles. The highest BCUT2D eigenvalue weighted by Gasteiger charge is 2.50. The normalized spacial score (nSPS) is 20.6. The average molecular weight is 493 g/mol. The topological polar surface area (TPSA) is 145 Å². The van der Waals surface area contributed by atoms with E-state index in [1.165, 1.54) is 49.6 Å². The highest BCUT2D eigenvalue weighted by atomic mass is 16.6. The molecule has 0 spiro atoms. The molecule has 1 fully saturated rings. The van der Waals surface area contributed by atoms with Crippen LogP contribution >= 0.6 is 0 Å². The standard InChI is InChI=1S/C25H23N3O8/c1-14-4-3-5-18-22(14)24(31)27(23(18)30)16-8-6-15(7-9-16)25(32)36-13-21(29)26-19-12-17(35-2)10-11-20(19)28(33)34/h3-4,6-12,14,18,22H,5,13H2,1-2H3,(H,26,29)/t14-,18-,22+/m1/s1. The molecule has 0 bridgehead atoms. The number of ether oxygens (including phenoxy) is 2. The number of hydrogen-bond donors (Lipinski definition) is 1. The second kappa shape index (κ2) is 9.98. The second-order valence-electron chi connectivity index (χ2n) is 8.48. The number of hydrogen-bond acceptors (Lipinski definition) is 8. The maximum absolute atomic E-state index is 12.9. The first-order valence-electron chi connectivity index (χ1n) is 11.1. The van der Waals surface area contributed by atoms with Crippen LogP contribution in [0.3, 0.4) is 0 Å². The quantitative estimate of drug-likeness (QED) is 0.204. The number of carbonyl (C=O) groups is 4. The van der Waals surface area contributed by atoms with Crippen molar-refractivity contribution in [3.05, 3.63) is 70.3 Å². The number of fused-ring (bicyclic) bond motifs is 1. The number of allylic oxidation sites excluding steroid dienone is 2.